The van der Waals surface area contributed by atoms with Crippen molar-refractivity contribution >= 4 is 28.8 Å². The first-order valence-electron chi connectivity index (χ1n) is 9.14. The number of anilines is 5. The van der Waals surface area contributed by atoms with E-state index in [0.29, 0.717) is 5.95 Å². The van der Waals surface area contributed by atoms with Crippen molar-refractivity contribution in [2.24, 2.45) is 0 Å². The number of rotatable bonds is 5. The van der Waals surface area contributed by atoms with Gasteiger partial charge in [-0.05, 0) is 31.2 Å². The van der Waals surface area contributed by atoms with Gasteiger partial charge < -0.3 is 20.3 Å². The third-order valence-corrected chi connectivity index (χ3v) is 4.40. The number of aromatic nitrogens is 2. The minimum absolute atomic E-state index is 0.576. The third kappa shape index (κ3) is 4.35. The molecule has 2 heterocycles. The lowest BCUT2D eigenvalue weighted by atomic mass is 10.2. The summed E-state index contributed by atoms with van der Waals surface area (Å²) in [6, 6.07) is 20.2. The Labute approximate surface area is 159 Å². The van der Waals surface area contributed by atoms with Crippen LogP contribution in [0.5, 0.6) is 0 Å². The number of ether oxygens (including phenoxy) is 1. The van der Waals surface area contributed by atoms with E-state index in [1.807, 2.05) is 49.4 Å². The fourth-order valence-corrected chi connectivity index (χ4v) is 3.14. The fourth-order valence-electron chi connectivity index (χ4n) is 3.14. The number of nitrogens with one attached hydrogen (secondary N) is 2. The second kappa shape index (κ2) is 8.05. The number of benzene rings is 2. The van der Waals surface area contributed by atoms with Gasteiger partial charge in [-0.2, -0.15) is 4.98 Å². The first-order chi connectivity index (χ1) is 13.3. The molecule has 0 atom stereocenters. The van der Waals surface area contributed by atoms with Gasteiger partial charge in [-0.25, -0.2) is 4.98 Å². The van der Waals surface area contributed by atoms with Crippen molar-refractivity contribution in [3.63, 3.8) is 0 Å². The Kier molecular flexibility index (Phi) is 5.16. The maximum atomic E-state index is 5.48. The molecular formula is C21H23N5O. The summed E-state index contributed by atoms with van der Waals surface area (Å²) >= 11 is 0. The van der Waals surface area contributed by atoms with Gasteiger partial charge in [-0.15, -0.1) is 0 Å². The van der Waals surface area contributed by atoms with Crippen molar-refractivity contribution in [2.45, 2.75) is 6.92 Å². The van der Waals surface area contributed by atoms with Crippen LogP contribution in [-0.4, -0.2) is 36.3 Å². The summed E-state index contributed by atoms with van der Waals surface area (Å²) in [6.45, 7) is 5.26. The third-order valence-electron chi connectivity index (χ3n) is 4.40. The number of aryl methyl sites for hydroxylation is 1. The highest BCUT2D eigenvalue weighted by Gasteiger charge is 2.15. The van der Waals surface area contributed by atoms with Crippen LogP contribution >= 0.6 is 0 Å². The normalized spacial score (nSPS) is 14.0. The van der Waals surface area contributed by atoms with E-state index in [0.717, 1.165) is 54.9 Å². The zero-order valence-electron chi connectivity index (χ0n) is 15.4. The highest BCUT2D eigenvalue weighted by molar-refractivity contribution is 5.74. The molecule has 0 saturated carbocycles. The molecule has 4 rings (SSSR count). The smallest absolute Gasteiger partial charge is 0.229 e. The zero-order chi connectivity index (χ0) is 18.5. The molecule has 0 spiro atoms. The van der Waals surface area contributed by atoms with Crippen LogP contribution in [0.2, 0.25) is 0 Å². The molecular weight excluding hydrogens is 338 g/mol. The molecule has 6 heteroatoms. The second-order valence-electron chi connectivity index (χ2n) is 6.45. The molecule has 6 nitrogen and oxygen atoms in total. The molecule has 27 heavy (non-hydrogen) atoms. The summed E-state index contributed by atoms with van der Waals surface area (Å²) < 4.78 is 5.48. The largest absolute Gasteiger partial charge is 0.378 e. The lowest BCUT2D eigenvalue weighted by molar-refractivity contribution is 0.123. The molecule has 0 amide bonds. The molecule has 0 unspecified atom stereocenters. The molecule has 1 aliphatic rings. The van der Waals surface area contributed by atoms with Crippen molar-refractivity contribution in [1.29, 1.82) is 0 Å². The lowest BCUT2D eigenvalue weighted by Crippen LogP contribution is -2.36. The van der Waals surface area contributed by atoms with Gasteiger partial charge in [0.2, 0.25) is 5.95 Å². The molecule has 1 saturated heterocycles. The van der Waals surface area contributed by atoms with E-state index in [4.69, 9.17) is 4.74 Å². The lowest BCUT2D eigenvalue weighted by Gasteiger charge is -2.30. The number of hydrogen-bond donors (Lipinski definition) is 2. The number of nitrogens with zero attached hydrogens (tertiary/aromatic N) is 3. The molecule has 0 radical (unpaired) electrons. The summed E-state index contributed by atoms with van der Waals surface area (Å²) in [6.07, 6.45) is 0. The van der Waals surface area contributed by atoms with Crippen LogP contribution < -0.4 is 15.5 Å². The topological polar surface area (TPSA) is 62.3 Å². The van der Waals surface area contributed by atoms with Crippen molar-refractivity contribution in [1.82, 2.24) is 9.97 Å². The summed E-state index contributed by atoms with van der Waals surface area (Å²) in [7, 11) is 0. The summed E-state index contributed by atoms with van der Waals surface area (Å²) in [4.78, 5) is 11.5. The van der Waals surface area contributed by atoms with Crippen LogP contribution in [0.15, 0.2) is 60.7 Å². The Balaban J connectivity index is 1.58. The van der Waals surface area contributed by atoms with Gasteiger partial charge in [0.25, 0.3) is 0 Å². The van der Waals surface area contributed by atoms with Gasteiger partial charge in [-0.3, -0.25) is 0 Å². The van der Waals surface area contributed by atoms with Gasteiger partial charge in [0.1, 0.15) is 5.82 Å². The van der Waals surface area contributed by atoms with E-state index in [2.05, 4.69) is 43.7 Å². The van der Waals surface area contributed by atoms with E-state index in [9.17, 15) is 0 Å². The maximum absolute atomic E-state index is 5.48. The molecule has 2 N–H and O–H groups in total. The number of morpholine rings is 1. The quantitative estimate of drug-likeness (QED) is 0.713. The maximum Gasteiger partial charge on any atom is 0.229 e. The van der Waals surface area contributed by atoms with Crippen molar-refractivity contribution < 1.29 is 4.74 Å². The van der Waals surface area contributed by atoms with Crippen LogP contribution in [0.4, 0.5) is 28.8 Å². The van der Waals surface area contributed by atoms with Crippen LogP contribution in [0.1, 0.15) is 5.69 Å². The van der Waals surface area contributed by atoms with Gasteiger partial charge in [0.15, 0.2) is 0 Å². The van der Waals surface area contributed by atoms with E-state index in [-0.39, 0.29) is 0 Å². The molecule has 1 fully saturated rings. The van der Waals surface area contributed by atoms with Gasteiger partial charge in [0.05, 0.1) is 24.6 Å². The van der Waals surface area contributed by atoms with Gasteiger partial charge in [0, 0.05) is 30.5 Å². The van der Waals surface area contributed by atoms with Crippen LogP contribution in [0, 0.1) is 6.92 Å². The molecule has 0 bridgehead atoms. The Bertz CT molecular complexity index is 894. The van der Waals surface area contributed by atoms with Gasteiger partial charge >= 0.3 is 0 Å². The van der Waals surface area contributed by atoms with Crippen molar-refractivity contribution in [3.05, 3.63) is 66.4 Å². The molecule has 2 aromatic carbocycles. The fraction of sp³-hybridized carbons (Fsp3) is 0.238. The highest BCUT2D eigenvalue weighted by atomic mass is 16.5. The van der Waals surface area contributed by atoms with Crippen molar-refractivity contribution in [3.8, 4) is 0 Å². The Hall–Kier alpha value is -3.12. The molecule has 0 aliphatic carbocycles. The van der Waals surface area contributed by atoms with E-state index in [1.54, 1.807) is 0 Å². The summed E-state index contributed by atoms with van der Waals surface area (Å²) in [5.41, 5.74) is 4.05. The van der Waals surface area contributed by atoms with E-state index >= 15 is 0 Å². The minimum Gasteiger partial charge on any atom is -0.378 e. The molecule has 3 aromatic rings. The highest BCUT2D eigenvalue weighted by Crippen LogP contribution is 2.29. The summed E-state index contributed by atoms with van der Waals surface area (Å²) in [5.74, 6) is 1.34. The predicted octanol–water partition coefficient (Wildman–Crippen LogP) is 4.11. The van der Waals surface area contributed by atoms with Crippen LogP contribution in [0.3, 0.4) is 0 Å². The van der Waals surface area contributed by atoms with Crippen molar-refractivity contribution in [2.75, 3.05) is 41.8 Å². The van der Waals surface area contributed by atoms with Crippen LogP contribution in [-0.2, 0) is 4.74 Å². The minimum atomic E-state index is 0.576. The average molecular weight is 361 g/mol. The first-order valence-corrected chi connectivity index (χ1v) is 9.14. The van der Waals surface area contributed by atoms with Crippen LogP contribution in [0.25, 0.3) is 0 Å². The zero-order valence-corrected chi connectivity index (χ0v) is 15.4. The Morgan fingerprint density at radius 2 is 1.63 bits per heavy atom. The van der Waals surface area contributed by atoms with E-state index < -0.39 is 0 Å². The Morgan fingerprint density at radius 1 is 0.889 bits per heavy atom. The van der Waals surface area contributed by atoms with Gasteiger partial charge in [-0.1, -0.05) is 30.3 Å². The number of para-hydroxylation sites is 3. The molecule has 1 aromatic heterocycles. The molecule has 138 valence electrons. The summed E-state index contributed by atoms with van der Waals surface area (Å²) in [5, 5.41) is 6.72. The molecule has 1 aliphatic heterocycles. The monoisotopic (exact) mass is 361 g/mol. The SMILES string of the molecule is Cc1cc(Nc2ccccc2N2CCOCC2)nc(Nc2ccccc2)n1. The Morgan fingerprint density at radius 3 is 2.44 bits per heavy atom. The predicted molar refractivity (Wildman–Crippen MR) is 109 cm³/mol. The van der Waals surface area contributed by atoms with E-state index in [1.165, 1.54) is 0 Å². The average Bonchev–Trinajstić information content (AvgIpc) is 2.69. The first kappa shape index (κ1) is 17.3. The standard InChI is InChI=1S/C21H23N5O/c1-16-15-20(25-21(22-16)23-17-7-3-2-4-8-17)24-18-9-5-6-10-19(18)26-11-13-27-14-12-26/h2-10,15H,11-14H2,1H3,(H2,22,23,24,25). The number of hydrogen-bond acceptors (Lipinski definition) is 6. The second-order valence-corrected chi connectivity index (χ2v) is 6.45.